The molecule has 1 aliphatic rings. The Labute approximate surface area is 107 Å². The van der Waals surface area contributed by atoms with Gasteiger partial charge in [0.15, 0.2) is 0 Å². The van der Waals surface area contributed by atoms with Crippen LogP contribution >= 0.6 is 0 Å². The molecule has 1 aliphatic carbocycles. The highest BCUT2D eigenvalue weighted by Crippen LogP contribution is 2.20. The molecule has 0 aliphatic heterocycles. The first-order valence-electron chi connectivity index (χ1n) is 6.73. The quantitative estimate of drug-likeness (QED) is 0.755. The molecule has 5 nitrogen and oxygen atoms in total. The SMILES string of the molecule is CCc1nc(NCCOC2CCCC2)cc(=O)[nH]1. The number of aromatic amines is 1. The largest absolute Gasteiger partial charge is 0.376 e. The van der Waals surface area contributed by atoms with E-state index in [2.05, 4.69) is 15.3 Å². The average molecular weight is 251 g/mol. The van der Waals surface area contributed by atoms with Gasteiger partial charge in [-0.25, -0.2) is 4.98 Å². The molecule has 2 N–H and O–H groups in total. The number of aryl methyl sites for hydroxylation is 1. The first kappa shape index (κ1) is 13.1. The van der Waals surface area contributed by atoms with Crippen LogP contribution in [0.1, 0.15) is 38.4 Å². The number of rotatable bonds is 6. The molecule has 0 unspecified atom stereocenters. The van der Waals surface area contributed by atoms with Crippen molar-refractivity contribution in [2.24, 2.45) is 0 Å². The maximum absolute atomic E-state index is 11.3. The van der Waals surface area contributed by atoms with Crippen LogP contribution in [0.5, 0.6) is 0 Å². The van der Waals surface area contributed by atoms with Crippen LogP contribution in [-0.4, -0.2) is 29.2 Å². The molecule has 0 bridgehead atoms. The van der Waals surface area contributed by atoms with Gasteiger partial charge in [0.1, 0.15) is 11.6 Å². The Kier molecular flexibility index (Phi) is 4.75. The zero-order valence-electron chi connectivity index (χ0n) is 10.9. The van der Waals surface area contributed by atoms with Gasteiger partial charge in [-0.1, -0.05) is 19.8 Å². The highest BCUT2D eigenvalue weighted by molar-refractivity contribution is 5.32. The Hall–Kier alpha value is -1.36. The molecule has 1 fully saturated rings. The van der Waals surface area contributed by atoms with Gasteiger partial charge in [0.2, 0.25) is 0 Å². The lowest BCUT2D eigenvalue weighted by atomic mass is 10.3. The second kappa shape index (κ2) is 6.54. The molecule has 100 valence electrons. The van der Waals surface area contributed by atoms with Crippen molar-refractivity contribution in [2.75, 3.05) is 18.5 Å². The van der Waals surface area contributed by atoms with Gasteiger partial charge in [-0.3, -0.25) is 4.79 Å². The summed E-state index contributed by atoms with van der Waals surface area (Å²) >= 11 is 0. The van der Waals surface area contributed by atoms with Gasteiger partial charge in [0.05, 0.1) is 12.7 Å². The molecule has 0 amide bonds. The Morgan fingerprint density at radius 2 is 2.28 bits per heavy atom. The molecule has 0 spiro atoms. The van der Waals surface area contributed by atoms with Crippen molar-refractivity contribution in [2.45, 2.75) is 45.1 Å². The fourth-order valence-corrected chi connectivity index (χ4v) is 2.23. The molecule has 1 heterocycles. The predicted molar refractivity (Wildman–Crippen MR) is 70.9 cm³/mol. The summed E-state index contributed by atoms with van der Waals surface area (Å²) in [7, 11) is 0. The second-order valence-electron chi connectivity index (χ2n) is 4.63. The van der Waals surface area contributed by atoms with E-state index in [9.17, 15) is 4.79 Å². The number of aromatic nitrogens is 2. The number of nitrogens with zero attached hydrogens (tertiary/aromatic N) is 1. The average Bonchev–Trinajstić information content (AvgIpc) is 2.87. The summed E-state index contributed by atoms with van der Waals surface area (Å²) in [5.41, 5.74) is -0.110. The van der Waals surface area contributed by atoms with Crippen molar-refractivity contribution in [1.29, 1.82) is 0 Å². The minimum absolute atomic E-state index is 0.110. The predicted octanol–water partition coefficient (Wildman–Crippen LogP) is 1.70. The van der Waals surface area contributed by atoms with Crippen LogP contribution in [0.2, 0.25) is 0 Å². The van der Waals surface area contributed by atoms with Crippen molar-refractivity contribution < 1.29 is 4.74 Å². The molecule has 1 aromatic heterocycles. The summed E-state index contributed by atoms with van der Waals surface area (Å²) in [5, 5.41) is 3.13. The van der Waals surface area contributed by atoms with Crippen LogP contribution in [0.3, 0.4) is 0 Å². The lowest BCUT2D eigenvalue weighted by Gasteiger charge is -2.11. The molecule has 1 saturated carbocycles. The van der Waals surface area contributed by atoms with Gasteiger partial charge < -0.3 is 15.0 Å². The Balaban J connectivity index is 1.75. The van der Waals surface area contributed by atoms with E-state index in [1.165, 1.54) is 31.7 Å². The van der Waals surface area contributed by atoms with Crippen molar-refractivity contribution >= 4 is 5.82 Å². The molecule has 0 aromatic carbocycles. The molecule has 5 heteroatoms. The molecule has 0 saturated heterocycles. The van der Waals surface area contributed by atoms with E-state index in [1.807, 2.05) is 6.92 Å². The zero-order chi connectivity index (χ0) is 12.8. The summed E-state index contributed by atoms with van der Waals surface area (Å²) in [6.45, 7) is 3.32. The normalized spacial score (nSPS) is 16.1. The summed E-state index contributed by atoms with van der Waals surface area (Å²) in [5.74, 6) is 1.34. The summed E-state index contributed by atoms with van der Waals surface area (Å²) in [6.07, 6.45) is 6.10. The first-order chi connectivity index (χ1) is 8.78. The van der Waals surface area contributed by atoms with Crippen molar-refractivity contribution in [3.63, 3.8) is 0 Å². The minimum Gasteiger partial charge on any atom is -0.376 e. The van der Waals surface area contributed by atoms with Gasteiger partial charge >= 0.3 is 0 Å². The van der Waals surface area contributed by atoms with Crippen LogP contribution in [0.15, 0.2) is 10.9 Å². The van der Waals surface area contributed by atoms with E-state index >= 15 is 0 Å². The van der Waals surface area contributed by atoms with Gasteiger partial charge in [-0.15, -0.1) is 0 Å². The summed E-state index contributed by atoms with van der Waals surface area (Å²) in [6, 6.07) is 1.48. The third kappa shape index (κ3) is 3.84. The van der Waals surface area contributed by atoms with E-state index < -0.39 is 0 Å². The van der Waals surface area contributed by atoms with E-state index in [-0.39, 0.29) is 5.56 Å². The van der Waals surface area contributed by atoms with Crippen molar-refractivity contribution in [3.05, 3.63) is 22.2 Å². The van der Waals surface area contributed by atoms with Crippen LogP contribution in [0.25, 0.3) is 0 Å². The molecule has 0 atom stereocenters. The lowest BCUT2D eigenvalue weighted by molar-refractivity contribution is 0.0658. The molecular formula is C13H21N3O2. The summed E-state index contributed by atoms with van der Waals surface area (Å²) in [4.78, 5) is 18.3. The van der Waals surface area contributed by atoms with Crippen molar-refractivity contribution in [3.8, 4) is 0 Å². The molecule has 18 heavy (non-hydrogen) atoms. The van der Waals surface area contributed by atoms with Crippen LogP contribution in [-0.2, 0) is 11.2 Å². The fourth-order valence-electron chi connectivity index (χ4n) is 2.23. The number of nitrogens with one attached hydrogen (secondary N) is 2. The monoisotopic (exact) mass is 251 g/mol. The second-order valence-corrected chi connectivity index (χ2v) is 4.63. The molecule has 2 rings (SSSR count). The topological polar surface area (TPSA) is 67.0 Å². The Bertz CT molecular complexity index is 424. The van der Waals surface area contributed by atoms with Crippen LogP contribution < -0.4 is 10.9 Å². The van der Waals surface area contributed by atoms with Crippen LogP contribution in [0, 0.1) is 0 Å². The molecule has 1 aromatic rings. The number of anilines is 1. The van der Waals surface area contributed by atoms with Gasteiger partial charge in [-0.2, -0.15) is 0 Å². The lowest BCUT2D eigenvalue weighted by Crippen LogP contribution is -2.18. The summed E-state index contributed by atoms with van der Waals surface area (Å²) < 4.78 is 5.74. The van der Waals surface area contributed by atoms with E-state index in [4.69, 9.17) is 4.74 Å². The van der Waals surface area contributed by atoms with Crippen LogP contribution in [0.4, 0.5) is 5.82 Å². The van der Waals surface area contributed by atoms with Gasteiger partial charge in [0, 0.05) is 19.0 Å². The number of hydrogen-bond donors (Lipinski definition) is 2. The highest BCUT2D eigenvalue weighted by Gasteiger charge is 2.14. The fraction of sp³-hybridized carbons (Fsp3) is 0.692. The Morgan fingerprint density at radius 3 is 3.00 bits per heavy atom. The minimum atomic E-state index is -0.110. The van der Waals surface area contributed by atoms with E-state index in [0.717, 1.165) is 6.42 Å². The number of ether oxygens (including phenoxy) is 1. The van der Waals surface area contributed by atoms with Gasteiger partial charge in [0.25, 0.3) is 5.56 Å². The maximum atomic E-state index is 11.3. The number of H-pyrrole nitrogens is 1. The smallest absolute Gasteiger partial charge is 0.252 e. The molecular weight excluding hydrogens is 230 g/mol. The van der Waals surface area contributed by atoms with Crippen molar-refractivity contribution in [1.82, 2.24) is 9.97 Å². The Morgan fingerprint density at radius 1 is 1.50 bits per heavy atom. The highest BCUT2D eigenvalue weighted by atomic mass is 16.5. The van der Waals surface area contributed by atoms with Gasteiger partial charge in [-0.05, 0) is 12.8 Å². The third-order valence-electron chi connectivity index (χ3n) is 3.19. The zero-order valence-corrected chi connectivity index (χ0v) is 10.9. The van der Waals surface area contributed by atoms with E-state index in [0.29, 0.717) is 30.9 Å². The molecule has 0 radical (unpaired) electrons. The maximum Gasteiger partial charge on any atom is 0.252 e. The number of hydrogen-bond acceptors (Lipinski definition) is 4. The first-order valence-corrected chi connectivity index (χ1v) is 6.73. The van der Waals surface area contributed by atoms with E-state index in [1.54, 1.807) is 0 Å². The third-order valence-corrected chi connectivity index (χ3v) is 3.19. The standard InChI is InChI=1S/C13H21N3O2/c1-2-11-15-12(9-13(17)16-11)14-7-8-18-10-5-3-4-6-10/h9-10H,2-8H2,1H3,(H2,14,15,16,17).